The van der Waals surface area contributed by atoms with Crippen LogP contribution in [0.4, 0.5) is 0 Å². The zero-order valence-electron chi connectivity index (χ0n) is 6.70. The summed E-state index contributed by atoms with van der Waals surface area (Å²) in [4.78, 5) is 10.4. The van der Waals surface area contributed by atoms with Crippen molar-refractivity contribution in [2.45, 2.75) is 0 Å². The Morgan fingerprint density at radius 1 is 1.38 bits per heavy atom. The van der Waals surface area contributed by atoms with Gasteiger partial charge in [0.15, 0.2) is 0 Å². The number of aliphatic carboxylic acids is 1. The minimum Gasteiger partial charge on any atom is -0.477 e. The van der Waals surface area contributed by atoms with Gasteiger partial charge in [0.1, 0.15) is 5.70 Å². The molecule has 0 aliphatic heterocycles. The Bertz CT molecular complexity index is 343. The molecular formula is C9H8ClNO2. The molecule has 4 heteroatoms. The summed E-state index contributed by atoms with van der Waals surface area (Å²) in [6, 6.07) is 6.72. The molecule has 0 aromatic heterocycles. The van der Waals surface area contributed by atoms with Gasteiger partial charge in [-0.15, -0.1) is 0 Å². The molecule has 0 aliphatic carbocycles. The van der Waals surface area contributed by atoms with Crippen LogP contribution in [0.5, 0.6) is 0 Å². The molecule has 0 aliphatic rings. The molecule has 0 saturated heterocycles. The van der Waals surface area contributed by atoms with Gasteiger partial charge in [0.25, 0.3) is 0 Å². The van der Waals surface area contributed by atoms with Gasteiger partial charge in [-0.25, -0.2) is 4.79 Å². The Kier molecular flexibility index (Phi) is 2.93. The highest BCUT2D eigenvalue weighted by Gasteiger charge is 1.99. The number of rotatable bonds is 2. The van der Waals surface area contributed by atoms with E-state index in [0.29, 0.717) is 10.6 Å². The van der Waals surface area contributed by atoms with Crippen molar-refractivity contribution >= 4 is 23.6 Å². The van der Waals surface area contributed by atoms with Crippen LogP contribution in [0, 0.1) is 0 Å². The predicted molar refractivity (Wildman–Crippen MR) is 51.3 cm³/mol. The van der Waals surface area contributed by atoms with Crippen molar-refractivity contribution in [1.82, 2.24) is 0 Å². The van der Waals surface area contributed by atoms with E-state index in [2.05, 4.69) is 0 Å². The topological polar surface area (TPSA) is 63.3 Å². The van der Waals surface area contributed by atoms with Crippen LogP contribution < -0.4 is 5.73 Å². The first-order valence-corrected chi connectivity index (χ1v) is 3.93. The molecule has 0 amide bonds. The van der Waals surface area contributed by atoms with Gasteiger partial charge in [-0.3, -0.25) is 0 Å². The maximum absolute atomic E-state index is 10.4. The molecule has 0 bridgehead atoms. The van der Waals surface area contributed by atoms with Crippen LogP contribution in [-0.2, 0) is 4.79 Å². The third-order valence-electron chi connectivity index (χ3n) is 1.44. The van der Waals surface area contributed by atoms with Crippen LogP contribution in [0.3, 0.4) is 0 Å². The SMILES string of the molecule is N/C(=C/c1ccc(Cl)cc1)C(=O)O. The lowest BCUT2D eigenvalue weighted by Crippen LogP contribution is -2.09. The standard InChI is InChI=1S/C9H8ClNO2/c10-7-3-1-6(2-4-7)5-8(11)9(12)13/h1-5H,11H2,(H,12,13)/b8-5+. The molecule has 0 saturated carbocycles. The van der Waals surface area contributed by atoms with Crippen LogP contribution in [0.2, 0.25) is 5.02 Å². The van der Waals surface area contributed by atoms with Gasteiger partial charge in [-0.1, -0.05) is 23.7 Å². The molecule has 3 nitrogen and oxygen atoms in total. The maximum Gasteiger partial charge on any atom is 0.351 e. The smallest absolute Gasteiger partial charge is 0.351 e. The Balaban J connectivity index is 2.92. The van der Waals surface area contributed by atoms with Crippen molar-refractivity contribution in [2.24, 2.45) is 5.73 Å². The second-order valence-electron chi connectivity index (χ2n) is 2.46. The number of carboxylic acid groups (broad SMARTS) is 1. The van der Waals surface area contributed by atoms with E-state index in [0.717, 1.165) is 0 Å². The minimum atomic E-state index is -1.13. The number of hydrogen-bond acceptors (Lipinski definition) is 2. The van der Waals surface area contributed by atoms with Gasteiger partial charge in [-0.2, -0.15) is 0 Å². The quantitative estimate of drug-likeness (QED) is 0.710. The molecule has 68 valence electrons. The summed E-state index contributed by atoms with van der Waals surface area (Å²) in [5.41, 5.74) is 5.74. The third kappa shape index (κ3) is 2.80. The summed E-state index contributed by atoms with van der Waals surface area (Å²) in [5, 5.41) is 9.08. The van der Waals surface area contributed by atoms with E-state index in [9.17, 15) is 4.79 Å². The van der Waals surface area contributed by atoms with Crippen LogP contribution in [0.25, 0.3) is 6.08 Å². The summed E-state index contributed by atoms with van der Waals surface area (Å²) in [5.74, 6) is -1.13. The Morgan fingerprint density at radius 2 is 1.92 bits per heavy atom. The molecule has 1 rings (SSSR count). The van der Waals surface area contributed by atoms with E-state index < -0.39 is 5.97 Å². The monoisotopic (exact) mass is 197 g/mol. The van der Waals surface area contributed by atoms with Crippen molar-refractivity contribution in [1.29, 1.82) is 0 Å². The van der Waals surface area contributed by atoms with Crippen LogP contribution in [0.15, 0.2) is 30.0 Å². The van der Waals surface area contributed by atoms with Gasteiger partial charge in [-0.05, 0) is 23.8 Å². The summed E-state index contributed by atoms with van der Waals surface area (Å²) >= 11 is 5.64. The van der Waals surface area contributed by atoms with Crippen LogP contribution in [0.1, 0.15) is 5.56 Å². The number of benzene rings is 1. The van der Waals surface area contributed by atoms with Crippen LogP contribution in [-0.4, -0.2) is 11.1 Å². The molecule has 13 heavy (non-hydrogen) atoms. The number of carbonyl (C=O) groups is 1. The lowest BCUT2D eigenvalue weighted by molar-refractivity contribution is -0.132. The molecule has 1 aromatic rings. The summed E-state index contributed by atoms with van der Waals surface area (Å²) in [6.07, 6.45) is 1.37. The van der Waals surface area contributed by atoms with E-state index in [4.69, 9.17) is 22.4 Å². The Morgan fingerprint density at radius 3 is 2.38 bits per heavy atom. The first-order valence-electron chi connectivity index (χ1n) is 3.55. The van der Waals surface area contributed by atoms with E-state index >= 15 is 0 Å². The highest BCUT2D eigenvalue weighted by atomic mass is 35.5. The minimum absolute atomic E-state index is 0.192. The van der Waals surface area contributed by atoms with Gasteiger partial charge < -0.3 is 10.8 Å². The molecule has 0 unspecified atom stereocenters. The van der Waals surface area contributed by atoms with Gasteiger partial charge in [0.2, 0.25) is 0 Å². The van der Waals surface area contributed by atoms with E-state index in [1.165, 1.54) is 6.08 Å². The fourth-order valence-corrected chi connectivity index (χ4v) is 0.926. The molecule has 0 fully saturated rings. The van der Waals surface area contributed by atoms with E-state index in [1.807, 2.05) is 0 Å². The number of nitrogens with two attached hydrogens (primary N) is 1. The first kappa shape index (κ1) is 9.61. The number of hydrogen-bond donors (Lipinski definition) is 2. The van der Waals surface area contributed by atoms with E-state index in [1.54, 1.807) is 24.3 Å². The number of carboxylic acids is 1. The van der Waals surface area contributed by atoms with Crippen molar-refractivity contribution in [2.75, 3.05) is 0 Å². The molecule has 3 N–H and O–H groups in total. The van der Waals surface area contributed by atoms with Crippen molar-refractivity contribution in [3.63, 3.8) is 0 Å². The normalized spacial score (nSPS) is 11.3. The fraction of sp³-hybridized carbons (Fsp3) is 0. The van der Waals surface area contributed by atoms with Crippen molar-refractivity contribution in [3.8, 4) is 0 Å². The lowest BCUT2D eigenvalue weighted by atomic mass is 10.2. The van der Waals surface area contributed by atoms with Gasteiger partial charge in [0, 0.05) is 5.02 Å². The zero-order valence-corrected chi connectivity index (χ0v) is 7.45. The van der Waals surface area contributed by atoms with Gasteiger partial charge >= 0.3 is 5.97 Å². The summed E-state index contributed by atoms with van der Waals surface area (Å²) in [7, 11) is 0. The molecule has 0 atom stereocenters. The van der Waals surface area contributed by atoms with Gasteiger partial charge in [0.05, 0.1) is 0 Å². The Hall–Kier alpha value is -1.48. The average Bonchev–Trinajstić information content (AvgIpc) is 2.08. The molecule has 1 aromatic carbocycles. The molecular weight excluding hydrogens is 190 g/mol. The third-order valence-corrected chi connectivity index (χ3v) is 1.69. The molecule has 0 heterocycles. The summed E-state index contributed by atoms with van der Waals surface area (Å²) < 4.78 is 0. The Labute approximate surface area is 80.4 Å². The molecule has 0 spiro atoms. The summed E-state index contributed by atoms with van der Waals surface area (Å²) in [6.45, 7) is 0. The van der Waals surface area contributed by atoms with E-state index in [-0.39, 0.29) is 5.70 Å². The molecule has 0 radical (unpaired) electrons. The lowest BCUT2D eigenvalue weighted by Gasteiger charge is -1.95. The first-order chi connectivity index (χ1) is 6.09. The zero-order chi connectivity index (χ0) is 9.84. The average molecular weight is 198 g/mol. The van der Waals surface area contributed by atoms with Crippen molar-refractivity contribution in [3.05, 3.63) is 40.5 Å². The fourth-order valence-electron chi connectivity index (χ4n) is 0.800. The number of halogens is 1. The van der Waals surface area contributed by atoms with Crippen molar-refractivity contribution < 1.29 is 9.90 Å². The second kappa shape index (κ2) is 3.96. The van der Waals surface area contributed by atoms with Crippen LogP contribution >= 0.6 is 11.6 Å². The predicted octanol–water partition coefficient (Wildman–Crippen LogP) is 1.72. The second-order valence-corrected chi connectivity index (χ2v) is 2.89. The highest BCUT2D eigenvalue weighted by molar-refractivity contribution is 6.30. The maximum atomic E-state index is 10.4. The highest BCUT2D eigenvalue weighted by Crippen LogP contribution is 2.11. The largest absolute Gasteiger partial charge is 0.477 e.